The normalized spacial score (nSPS) is 10.3. The molecule has 2 aromatic carbocycles. The summed E-state index contributed by atoms with van der Waals surface area (Å²) in [5.41, 5.74) is 2.66. The van der Waals surface area contributed by atoms with Crippen LogP contribution in [0, 0.1) is 13.8 Å². The molecule has 24 heavy (non-hydrogen) atoms. The number of anilines is 1. The van der Waals surface area contributed by atoms with Crippen LogP contribution in [0.5, 0.6) is 11.5 Å². The molecule has 0 saturated carbocycles. The van der Waals surface area contributed by atoms with E-state index in [0.29, 0.717) is 35.9 Å². The maximum Gasteiger partial charge on any atom is 0.224 e. The summed E-state index contributed by atoms with van der Waals surface area (Å²) in [7, 11) is 1.55. The standard InChI is InChI=1S/C19H22ClNO3/c1-13-6-4-7-15(10-13)24-9-5-8-19(22)21-17-11-14(2)16(20)12-18(17)23-3/h4,6-7,10-12H,5,8-9H2,1-3H3,(H,21,22). The maximum atomic E-state index is 12.1. The Morgan fingerprint density at radius 3 is 2.71 bits per heavy atom. The topological polar surface area (TPSA) is 47.6 Å². The van der Waals surface area contributed by atoms with Gasteiger partial charge in [0.1, 0.15) is 11.5 Å². The number of carbonyl (C=O) groups excluding carboxylic acids is 1. The minimum absolute atomic E-state index is 0.0807. The number of ether oxygens (including phenoxy) is 2. The van der Waals surface area contributed by atoms with Gasteiger partial charge < -0.3 is 14.8 Å². The third kappa shape index (κ3) is 5.17. The lowest BCUT2D eigenvalue weighted by Gasteiger charge is -2.12. The van der Waals surface area contributed by atoms with Crippen LogP contribution in [0.3, 0.4) is 0 Å². The van der Waals surface area contributed by atoms with Gasteiger partial charge in [-0.2, -0.15) is 0 Å². The number of nitrogens with one attached hydrogen (secondary N) is 1. The van der Waals surface area contributed by atoms with Crippen molar-refractivity contribution in [1.29, 1.82) is 0 Å². The minimum atomic E-state index is -0.0807. The molecule has 0 fully saturated rings. The van der Waals surface area contributed by atoms with Crippen molar-refractivity contribution in [1.82, 2.24) is 0 Å². The monoisotopic (exact) mass is 347 g/mol. The van der Waals surface area contributed by atoms with E-state index in [-0.39, 0.29) is 5.91 Å². The summed E-state index contributed by atoms with van der Waals surface area (Å²) >= 11 is 6.06. The molecule has 0 radical (unpaired) electrons. The van der Waals surface area contributed by atoms with Gasteiger partial charge in [-0.25, -0.2) is 0 Å². The molecule has 0 bridgehead atoms. The minimum Gasteiger partial charge on any atom is -0.495 e. The number of benzene rings is 2. The van der Waals surface area contributed by atoms with E-state index >= 15 is 0 Å². The highest BCUT2D eigenvalue weighted by Crippen LogP contribution is 2.31. The molecule has 1 amide bonds. The molecule has 0 aromatic heterocycles. The Labute approximate surface area is 147 Å². The fourth-order valence-corrected chi connectivity index (χ4v) is 2.42. The van der Waals surface area contributed by atoms with E-state index in [1.54, 1.807) is 13.2 Å². The first-order valence-electron chi connectivity index (χ1n) is 7.83. The van der Waals surface area contributed by atoms with Crippen LogP contribution in [0.4, 0.5) is 5.69 Å². The van der Waals surface area contributed by atoms with Gasteiger partial charge in [-0.1, -0.05) is 23.7 Å². The van der Waals surface area contributed by atoms with Crippen LogP contribution in [0.25, 0.3) is 0 Å². The van der Waals surface area contributed by atoms with Gasteiger partial charge in [0, 0.05) is 17.5 Å². The Hall–Kier alpha value is -2.20. The van der Waals surface area contributed by atoms with Gasteiger partial charge in [-0.05, 0) is 49.6 Å². The molecule has 128 valence electrons. The molecular formula is C19H22ClNO3. The fraction of sp³-hybridized carbons (Fsp3) is 0.316. The van der Waals surface area contributed by atoms with Crippen LogP contribution in [-0.4, -0.2) is 19.6 Å². The first kappa shape index (κ1) is 18.1. The number of hydrogen-bond donors (Lipinski definition) is 1. The molecule has 0 atom stereocenters. The van der Waals surface area contributed by atoms with Crippen molar-refractivity contribution in [2.45, 2.75) is 26.7 Å². The molecule has 0 aliphatic rings. The molecule has 0 saturated heterocycles. The first-order valence-corrected chi connectivity index (χ1v) is 8.21. The largest absolute Gasteiger partial charge is 0.495 e. The van der Waals surface area contributed by atoms with Crippen LogP contribution in [0.15, 0.2) is 36.4 Å². The third-order valence-electron chi connectivity index (χ3n) is 3.56. The van der Waals surface area contributed by atoms with Gasteiger partial charge >= 0.3 is 0 Å². The van der Waals surface area contributed by atoms with Gasteiger partial charge in [0.05, 0.1) is 19.4 Å². The van der Waals surface area contributed by atoms with Crippen molar-refractivity contribution in [3.05, 3.63) is 52.5 Å². The summed E-state index contributed by atoms with van der Waals surface area (Å²) in [6.07, 6.45) is 1.01. The zero-order valence-electron chi connectivity index (χ0n) is 14.2. The van der Waals surface area contributed by atoms with Crippen molar-refractivity contribution < 1.29 is 14.3 Å². The van der Waals surface area contributed by atoms with Crippen LogP contribution >= 0.6 is 11.6 Å². The van der Waals surface area contributed by atoms with Gasteiger partial charge in [-0.3, -0.25) is 4.79 Å². The Bertz CT molecular complexity index is 716. The van der Waals surface area contributed by atoms with E-state index in [2.05, 4.69) is 5.32 Å². The van der Waals surface area contributed by atoms with E-state index in [9.17, 15) is 4.79 Å². The maximum absolute atomic E-state index is 12.1. The predicted octanol–water partition coefficient (Wildman–Crippen LogP) is 4.76. The lowest BCUT2D eigenvalue weighted by Crippen LogP contribution is -2.13. The highest BCUT2D eigenvalue weighted by atomic mass is 35.5. The van der Waals surface area contributed by atoms with Crippen molar-refractivity contribution >= 4 is 23.2 Å². The molecule has 2 aromatic rings. The third-order valence-corrected chi connectivity index (χ3v) is 3.97. The van der Waals surface area contributed by atoms with Crippen molar-refractivity contribution in [3.8, 4) is 11.5 Å². The predicted molar refractivity (Wildman–Crippen MR) is 97.3 cm³/mol. The second-order valence-electron chi connectivity index (χ2n) is 5.62. The lowest BCUT2D eigenvalue weighted by molar-refractivity contribution is -0.116. The van der Waals surface area contributed by atoms with Crippen molar-refractivity contribution in [2.75, 3.05) is 19.0 Å². The Kier molecular flexibility index (Phi) is 6.50. The molecular weight excluding hydrogens is 326 g/mol. The number of halogens is 1. The molecule has 1 N–H and O–H groups in total. The van der Waals surface area contributed by atoms with Gasteiger partial charge in [-0.15, -0.1) is 0 Å². The Morgan fingerprint density at radius 1 is 1.21 bits per heavy atom. The second-order valence-corrected chi connectivity index (χ2v) is 6.03. The summed E-state index contributed by atoms with van der Waals surface area (Å²) in [4.78, 5) is 12.1. The Balaban J connectivity index is 1.82. The molecule has 0 heterocycles. The molecule has 5 heteroatoms. The summed E-state index contributed by atoms with van der Waals surface area (Å²) < 4.78 is 10.9. The highest BCUT2D eigenvalue weighted by Gasteiger charge is 2.10. The summed E-state index contributed by atoms with van der Waals surface area (Å²) in [5.74, 6) is 1.29. The summed E-state index contributed by atoms with van der Waals surface area (Å²) in [6.45, 7) is 4.39. The Morgan fingerprint density at radius 2 is 2.00 bits per heavy atom. The van der Waals surface area contributed by atoms with E-state index in [1.807, 2.05) is 44.2 Å². The fourth-order valence-electron chi connectivity index (χ4n) is 2.27. The number of amides is 1. The molecule has 2 rings (SSSR count). The summed E-state index contributed by atoms with van der Waals surface area (Å²) in [5, 5.41) is 3.47. The summed E-state index contributed by atoms with van der Waals surface area (Å²) in [6, 6.07) is 11.4. The number of rotatable bonds is 7. The molecule has 0 spiro atoms. The number of carbonyl (C=O) groups is 1. The number of methoxy groups -OCH3 is 1. The molecule has 4 nitrogen and oxygen atoms in total. The quantitative estimate of drug-likeness (QED) is 0.734. The molecule has 0 aliphatic heterocycles. The van der Waals surface area contributed by atoms with Gasteiger partial charge in [0.25, 0.3) is 0 Å². The average Bonchev–Trinajstić information content (AvgIpc) is 2.55. The van der Waals surface area contributed by atoms with Crippen molar-refractivity contribution in [2.24, 2.45) is 0 Å². The zero-order chi connectivity index (χ0) is 17.5. The van der Waals surface area contributed by atoms with Crippen LogP contribution < -0.4 is 14.8 Å². The number of hydrogen-bond acceptors (Lipinski definition) is 3. The average molecular weight is 348 g/mol. The van der Waals surface area contributed by atoms with E-state index in [4.69, 9.17) is 21.1 Å². The van der Waals surface area contributed by atoms with E-state index < -0.39 is 0 Å². The number of aryl methyl sites for hydroxylation is 2. The lowest BCUT2D eigenvalue weighted by atomic mass is 10.2. The van der Waals surface area contributed by atoms with Gasteiger partial charge in [0.15, 0.2) is 0 Å². The SMILES string of the molecule is COc1cc(Cl)c(C)cc1NC(=O)CCCOc1cccc(C)c1. The van der Waals surface area contributed by atoms with Crippen LogP contribution in [-0.2, 0) is 4.79 Å². The highest BCUT2D eigenvalue weighted by molar-refractivity contribution is 6.31. The van der Waals surface area contributed by atoms with Crippen LogP contribution in [0.1, 0.15) is 24.0 Å². The van der Waals surface area contributed by atoms with E-state index in [1.165, 1.54) is 0 Å². The van der Waals surface area contributed by atoms with Gasteiger partial charge in [0.2, 0.25) is 5.91 Å². The first-order chi connectivity index (χ1) is 11.5. The molecule has 0 aliphatic carbocycles. The molecule has 0 unspecified atom stereocenters. The second kappa shape index (κ2) is 8.60. The van der Waals surface area contributed by atoms with Crippen molar-refractivity contribution in [3.63, 3.8) is 0 Å². The van der Waals surface area contributed by atoms with Crippen LogP contribution in [0.2, 0.25) is 5.02 Å². The smallest absolute Gasteiger partial charge is 0.224 e. The zero-order valence-corrected chi connectivity index (χ0v) is 14.9. The van der Waals surface area contributed by atoms with E-state index in [0.717, 1.165) is 16.9 Å².